The van der Waals surface area contributed by atoms with Crippen LogP contribution in [0.25, 0.3) is 0 Å². The Morgan fingerprint density at radius 2 is 2.06 bits per heavy atom. The Balaban J connectivity index is 2.51. The molecule has 0 unspecified atom stereocenters. The largest absolute Gasteiger partial charge is 0.452 e. The average Bonchev–Trinajstić information content (AvgIpc) is 2.63. The molecule has 0 radical (unpaired) electrons. The minimum Gasteiger partial charge on any atom is -0.452 e. The van der Waals surface area contributed by atoms with Gasteiger partial charge in [-0.25, -0.2) is 0 Å². The average molecular weight is 222 g/mol. The highest BCUT2D eigenvalue weighted by Crippen LogP contribution is 2.45. The first-order chi connectivity index (χ1) is 7.65. The van der Waals surface area contributed by atoms with Gasteiger partial charge < -0.3 is 14.2 Å². The topological polar surface area (TPSA) is 44.8 Å². The van der Waals surface area contributed by atoms with Crippen LogP contribution < -0.4 is 4.74 Å². The van der Waals surface area contributed by atoms with E-state index in [0.717, 1.165) is 5.56 Å². The summed E-state index contributed by atoms with van der Waals surface area (Å²) in [5.74, 6) is -0.928. The van der Waals surface area contributed by atoms with Crippen LogP contribution in [0.2, 0.25) is 0 Å². The lowest BCUT2D eigenvalue weighted by atomic mass is 10.0. The van der Waals surface area contributed by atoms with Gasteiger partial charge in [0.1, 0.15) is 5.75 Å². The summed E-state index contributed by atoms with van der Waals surface area (Å²) >= 11 is 0. The number of hydrogen-bond donors (Lipinski definition) is 0. The van der Waals surface area contributed by atoms with Crippen molar-refractivity contribution in [2.45, 2.75) is 18.8 Å². The summed E-state index contributed by atoms with van der Waals surface area (Å²) in [4.78, 5) is 11.7. The maximum Gasteiger partial charge on any atom is 0.301 e. The van der Waals surface area contributed by atoms with Gasteiger partial charge in [0.15, 0.2) is 6.10 Å². The summed E-state index contributed by atoms with van der Waals surface area (Å²) in [7, 11) is 2.98. The quantitative estimate of drug-likeness (QED) is 0.780. The van der Waals surface area contributed by atoms with Crippen molar-refractivity contribution >= 4 is 5.78 Å². The third-order valence-electron chi connectivity index (χ3n) is 2.84. The molecule has 1 aliphatic heterocycles. The molecule has 1 heterocycles. The Labute approximate surface area is 94.1 Å². The molecule has 4 heteroatoms. The molecule has 0 saturated carbocycles. The van der Waals surface area contributed by atoms with Crippen LogP contribution in [0.1, 0.15) is 18.6 Å². The molecule has 0 bridgehead atoms. The van der Waals surface area contributed by atoms with Crippen LogP contribution in [-0.4, -0.2) is 25.8 Å². The van der Waals surface area contributed by atoms with Crippen molar-refractivity contribution in [2.75, 3.05) is 14.2 Å². The molecule has 0 aliphatic carbocycles. The van der Waals surface area contributed by atoms with Crippen LogP contribution in [0.3, 0.4) is 0 Å². The van der Waals surface area contributed by atoms with Crippen molar-refractivity contribution in [3.63, 3.8) is 0 Å². The van der Waals surface area contributed by atoms with E-state index in [4.69, 9.17) is 14.2 Å². The molecule has 16 heavy (non-hydrogen) atoms. The van der Waals surface area contributed by atoms with Crippen molar-refractivity contribution in [1.82, 2.24) is 0 Å². The van der Waals surface area contributed by atoms with Crippen LogP contribution in [0, 0.1) is 0 Å². The molecule has 0 fully saturated rings. The Morgan fingerprint density at radius 1 is 1.38 bits per heavy atom. The Morgan fingerprint density at radius 3 is 2.62 bits per heavy atom. The first kappa shape index (κ1) is 11.1. The van der Waals surface area contributed by atoms with E-state index in [0.29, 0.717) is 5.75 Å². The monoisotopic (exact) mass is 222 g/mol. The smallest absolute Gasteiger partial charge is 0.301 e. The van der Waals surface area contributed by atoms with Crippen LogP contribution in [0.5, 0.6) is 5.75 Å². The van der Waals surface area contributed by atoms with E-state index in [9.17, 15) is 4.79 Å². The number of Topliss-reactive ketones (excluding diaryl/α,β-unsaturated/α-hetero) is 1. The number of rotatable bonds is 3. The third kappa shape index (κ3) is 1.34. The van der Waals surface area contributed by atoms with Crippen LogP contribution >= 0.6 is 0 Å². The predicted molar refractivity (Wildman–Crippen MR) is 57.2 cm³/mol. The molecular formula is C12H14O4. The zero-order chi connectivity index (χ0) is 11.8. The summed E-state index contributed by atoms with van der Waals surface area (Å²) in [5.41, 5.74) is 0.835. The second kappa shape index (κ2) is 3.88. The van der Waals surface area contributed by atoms with Gasteiger partial charge in [-0.15, -0.1) is 0 Å². The summed E-state index contributed by atoms with van der Waals surface area (Å²) in [6.45, 7) is 1.43. The minimum absolute atomic E-state index is 0.210. The van der Waals surface area contributed by atoms with Gasteiger partial charge in [0.25, 0.3) is 0 Å². The van der Waals surface area contributed by atoms with Gasteiger partial charge >= 0.3 is 5.79 Å². The summed E-state index contributed by atoms with van der Waals surface area (Å²) in [6.07, 6.45) is -0.522. The lowest BCUT2D eigenvalue weighted by Gasteiger charge is -2.29. The molecule has 0 aromatic heterocycles. The number of methoxy groups -OCH3 is 2. The van der Waals surface area contributed by atoms with E-state index in [2.05, 4.69) is 0 Å². The highest BCUT2D eigenvalue weighted by Gasteiger charge is 2.53. The molecule has 1 aromatic carbocycles. The second-order valence-electron chi connectivity index (χ2n) is 3.68. The van der Waals surface area contributed by atoms with Gasteiger partial charge in [-0.2, -0.15) is 0 Å². The third-order valence-corrected chi connectivity index (χ3v) is 2.84. The lowest BCUT2D eigenvalue weighted by Crippen LogP contribution is -2.47. The van der Waals surface area contributed by atoms with Crippen molar-refractivity contribution in [3.05, 3.63) is 29.8 Å². The SMILES string of the molecule is CO[C@@H]1c2ccccc2O[C@]1(OC)C(C)=O. The zero-order valence-electron chi connectivity index (χ0n) is 9.52. The summed E-state index contributed by atoms with van der Waals surface area (Å²) in [6, 6.07) is 7.38. The predicted octanol–water partition coefficient (Wildman–Crippen LogP) is 1.70. The number of carbonyl (C=O) groups is 1. The molecule has 0 N–H and O–H groups in total. The standard InChI is InChI=1S/C12H14O4/c1-8(13)12(15-3)11(14-2)9-6-4-5-7-10(9)16-12/h4-7,11H,1-3H3/t11-,12-/m1/s1. The number of hydrogen-bond acceptors (Lipinski definition) is 4. The lowest BCUT2D eigenvalue weighted by molar-refractivity contribution is -0.212. The number of ketones is 1. The molecular weight excluding hydrogens is 208 g/mol. The van der Waals surface area contributed by atoms with E-state index in [1.54, 1.807) is 6.07 Å². The van der Waals surface area contributed by atoms with Gasteiger partial charge in [-0.05, 0) is 6.07 Å². The van der Waals surface area contributed by atoms with Gasteiger partial charge in [-0.3, -0.25) is 4.79 Å². The molecule has 0 amide bonds. The maximum atomic E-state index is 11.7. The number of ether oxygens (including phenoxy) is 3. The van der Waals surface area contributed by atoms with E-state index in [1.165, 1.54) is 21.1 Å². The van der Waals surface area contributed by atoms with Crippen molar-refractivity contribution in [3.8, 4) is 5.75 Å². The highest BCUT2D eigenvalue weighted by atomic mass is 16.7. The molecule has 1 aliphatic rings. The van der Waals surface area contributed by atoms with Crippen molar-refractivity contribution < 1.29 is 19.0 Å². The molecule has 1 aromatic rings. The molecule has 4 nitrogen and oxygen atoms in total. The molecule has 2 rings (SSSR count). The summed E-state index contributed by atoms with van der Waals surface area (Å²) < 4.78 is 16.2. The first-order valence-electron chi connectivity index (χ1n) is 5.02. The Kier molecular flexibility index (Phi) is 2.69. The van der Waals surface area contributed by atoms with Crippen LogP contribution in [-0.2, 0) is 14.3 Å². The molecule has 2 atom stereocenters. The van der Waals surface area contributed by atoms with E-state index >= 15 is 0 Å². The van der Waals surface area contributed by atoms with E-state index in [-0.39, 0.29) is 5.78 Å². The fourth-order valence-electron chi connectivity index (χ4n) is 2.04. The number of fused-ring (bicyclic) bond motifs is 1. The Hall–Kier alpha value is -1.39. The van der Waals surface area contributed by atoms with Crippen LogP contribution in [0.15, 0.2) is 24.3 Å². The van der Waals surface area contributed by atoms with Crippen LogP contribution in [0.4, 0.5) is 0 Å². The van der Waals surface area contributed by atoms with E-state index < -0.39 is 11.9 Å². The first-order valence-corrected chi connectivity index (χ1v) is 5.02. The molecule has 0 saturated heterocycles. The highest BCUT2D eigenvalue weighted by molar-refractivity contribution is 5.86. The van der Waals surface area contributed by atoms with Gasteiger partial charge in [-0.1, -0.05) is 18.2 Å². The van der Waals surface area contributed by atoms with Gasteiger partial charge in [0.2, 0.25) is 5.78 Å². The summed E-state index contributed by atoms with van der Waals surface area (Å²) in [5, 5.41) is 0. The molecule has 86 valence electrons. The van der Waals surface area contributed by atoms with Gasteiger partial charge in [0, 0.05) is 26.7 Å². The van der Waals surface area contributed by atoms with Crippen molar-refractivity contribution in [2.24, 2.45) is 0 Å². The fourth-order valence-corrected chi connectivity index (χ4v) is 2.04. The van der Waals surface area contributed by atoms with Gasteiger partial charge in [0.05, 0.1) is 0 Å². The minimum atomic E-state index is -1.35. The number of para-hydroxylation sites is 1. The normalized spacial score (nSPS) is 27.3. The maximum absolute atomic E-state index is 11.7. The fraction of sp³-hybridized carbons (Fsp3) is 0.417. The Bertz CT molecular complexity index is 415. The second-order valence-corrected chi connectivity index (χ2v) is 3.68. The molecule has 0 spiro atoms. The van der Waals surface area contributed by atoms with Crippen molar-refractivity contribution in [1.29, 1.82) is 0 Å². The number of benzene rings is 1. The number of carbonyl (C=O) groups excluding carboxylic acids is 1. The van der Waals surface area contributed by atoms with E-state index in [1.807, 2.05) is 18.2 Å². The zero-order valence-corrected chi connectivity index (χ0v) is 9.52.